The van der Waals surface area contributed by atoms with Crippen LogP contribution in [0.25, 0.3) is 6.08 Å². The average molecular weight is 303 g/mol. The number of amides is 1. The van der Waals surface area contributed by atoms with Crippen LogP contribution in [0.5, 0.6) is 0 Å². The van der Waals surface area contributed by atoms with E-state index in [2.05, 4.69) is 6.08 Å². The Labute approximate surface area is 132 Å². The summed E-state index contributed by atoms with van der Waals surface area (Å²) in [6.07, 6.45) is 5.80. The van der Waals surface area contributed by atoms with E-state index in [1.807, 2.05) is 51.1 Å². The molecule has 0 aromatic heterocycles. The maximum atomic E-state index is 12.2. The van der Waals surface area contributed by atoms with Gasteiger partial charge in [0.1, 0.15) is 5.60 Å². The molecule has 1 heterocycles. The molecule has 120 valence electrons. The minimum atomic E-state index is -0.464. The summed E-state index contributed by atoms with van der Waals surface area (Å²) >= 11 is 0. The van der Waals surface area contributed by atoms with Crippen LogP contribution in [0.15, 0.2) is 30.3 Å². The normalized spacial score (nSPS) is 18.9. The summed E-state index contributed by atoms with van der Waals surface area (Å²) < 4.78 is 5.46. The molecule has 0 aliphatic carbocycles. The van der Waals surface area contributed by atoms with Gasteiger partial charge in [0, 0.05) is 6.54 Å². The van der Waals surface area contributed by atoms with Crippen molar-refractivity contribution in [1.82, 2.24) is 4.90 Å². The minimum Gasteiger partial charge on any atom is -0.444 e. The number of ether oxygens (including phenoxy) is 1. The maximum absolute atomic E-state index is 12.2. The maximum Gasteiger partial charge on any atom is 0.410 e. The van der Waals surface area contributed by atoms with E-state index in [-0.39, 0.29) is 18.7 Å². The van der Waals surface area contributed by atoms with Crippen LogP contribution in [0.1, 0.15) is 44.7 Å². The predicted molar refractivity (Wildman–Crippen MR) is 87.4 cm³/mol. The summed E-state index contributed by atoms with van der Waals surface area (Å²) in [7, 11) is 0. The lowest BCUT2D eigenvalue weighted by Gasteiger charge is -2.27. The summed E-state index contributed by atoms with van der Waals surface area (Å²) in [5.41, 5.74) is 1.50. The van der Waals surface area contributed by atoms with Crippen LogP contribution < -0.4 is 0 Å². The fourth-order valence-electron chi connectivity index (χ4n) is 2.50. The van der Waals surface area contributed by atoms with Gasteiger partial charge in [-0.2, -0.15) is 0 Å². The number of nitrogens with zero attached hydrogens (tertiary/aromatic N) is 1. The first-order valence-corrected chi connectivity index (χ1v) is 7.77. The van der Waals surface area contributed by atoms with Gasteiger partial charge in [-0.25, -0.2) is 4.79 Å². The Bertz CT molecular complexity index is 528. The van der Waals surface area contributed by atoms with E-state index in [4.69, 9.17) is 9.84 Å². The smallest absolute Gasteiger partial charge is 0.410 e. The molecule has 1 N–H and O–H groups in total. The Hall–Kier alpha value is -1.81. The van der Waals surface area contributed by atoms with Gasteiger partial charge in [-0.05, 0) is 44.7 Å². The lowest BCUT2D eigenvalue weighted by atomic mass is 10.1. The third-order valence-corrected chi connectivity index (χ3v) is 3.60. The average Bonchev–Trinajstić information content (AvgIpc) is 2.92. The van der Waals surface area contributed by atoms with Crippen LogP contribution in [0.4, 0.5) is 4.79 Å². The Balaban J connectivity index is 2.00. The van der Waals surface area contributed by atoms with Crippen LogP contribution in [-0.2, 0) is 11.3 Å². The molecule has 22 heavy (non-hydrogen) atoms. The largest absolute Gasteiger partial charge is 0.444 e. The van der Waals surface area contributed by atoms with Crippen molar-refractivity contribution >= 4 is 12.2 Å². The third-order valence-electron chi connectivity index (χ3n) is 3.60. The van der Waals surface area contributed by atoms with Crippen LogP contribution in [0, 0.1) is 0 Å². The number of carbonyl (C=O) groups excluding carboxylic acids is 1. The number of benzene rings is 1. The van der Waals surface area contributed by atoms with Crippen molar-refractivity contribution in [2.75, 3.05) is 6.54 Å². The number of hydrogen-bond acceptors (Lipinski definition) is 3. The van der Waals surface area contributed by atoms with E-state index in [9.17, 15) is 4.79 Å². The van der Waals surface area contributed by atoms with Gasteiger partial charge < -0.3 is 14.7 Å². The molecule has 1 aliphatic rings. The van der Waals surface area contributed by atoms with Gasteiger partial charge in [-0.15, -0.1) is 0 Å². The highest BCUT2D eigenvalue weighted by Gasteiger charge is 2.30. The number of rotatable bonds is 3. The van der Waals surface area contributed by atoms with E-state index in [1.54, 1.807) is 4.90 Å². The number of hydrogen-bond donors (Lipinski definition) is 1. The fourth-order valence-corrected chi connectivity index (χ4v) is 2.50. The van der Waals surface area contributed by atoms with Gasteiger partial charge in [0.15, 0.2) is 0 Å². The quantitative estimate of drug-likeness (QED) is 0.928. The zero-order valence-corrected chi connectivity index (χ0v) is 13.6. The SMILES string of the molecule is CC(C)(C)OC(=O)N1CCCC1C=Cc1ccc(CO)cc1. The molecule has 0 saturated carbocycles. The van der Waals surface area contributed by atoms with E-state index in [0.717, 1.165) is 30.5 Å². The second-order valence-electron chi connectivity index (χ2n) is 6.64. The molecule has 4 nitrogen and oxygen atoms in total. The van der Waals surface area contributed by atoms with Gasteiger partial charge in [-0.3, -0.25) is 0 Å². The summed E-state index contributed by atoms with van der Waals surface area (Å²) in [4.78, 5) is 14.0. The van der Waals surface area contributed by atoms with Crippen molar-refractivity contribution in [2.45, 2.75) is 51.9 Å². The summed E-state index contributed by atoms with van der Waals surface area (Å²) in [6, 6.07) is 7.83. The van der Waals surface area contributed by atoms with Gasteiger partial charge in [0.25, 0.3) is 0 Å². The molecule has 1 amide bonds. The number of aliphatic hydroxyl groups excluding tert-OH is 1. The molecule has 0 spiro atoms. The van der Waals surface area contributed by atoms with Crippen LogP contribution in [0.3, 0.4) is 0 Å². The first-order chi connectivity index (χ1) is 10.4. The second-order valence-corrected chi connectivity index (χ2v) is 6.64. The van der Waals surface area contributed by atoms with E-state index in [1.165, 1.54) is 0 Å². The van der Waals surface area contributed by atoms with Crippen molar-refractivity contribution in [3.8, 4) is 0 Å². The zero-order chi connectivity index (χ0) is 16.2. The number of aliphatic hydroxyl groups is 1. The van der Waals surface area contributed by atoms with Crippen molar-refractivity contribution in [2.24, 2.45) is 0 Å². The summed E-state index contributed by atoms with van der Waals surface area (Å²) in [5.74, 6) is 0. The zero-order valence-electron chi connectivity index (χ0n) is 13.6. The molecular weight excluding hydrogens is 278 g/mol. The van der Waals surface area contributed by atoms with Gasteiger partial charge in [-0.1, -0.05) is 36.4 Å². The van der Waals surface area contributed by atoms with Crippen molar-refractivity contribution < 1.29 is 14.6 Å². The standard InChI is InChI=1S/C18H25NO3/c1-18(2,3)22-17(21)19-12-4-5-16(19)11-10-14-6-8-15(13-20)9-7-14/h6-11,16,20H,4-5,12-13H2,1-3H3. The van der Waals surface area contributed by atoms with Crippen molar-refractivity contribution in [3.05, 3.63) is 41.5 Å². The van der Waals surface area contributed by atoms with Crippen molar-refractivity contribution in [1.29, 1.82) is 0 Å². The lowest BCUT2D eigenvalue weighted by molar-refractivity contribution is 0.0256. The Morgan fingerprint density at radius 1 is 1.36 bits per heavy atom. The van der Waals surface area contributed by atoms with Crippen molar-refractivity contribution in [3.63, 3.8) is 0 Å². The van der Waals surface area contributed by atoms with Crippen LogP contribution in [-0.4, -0.2) is 34.3 Å². The molecule has 1 aromatic rings. The Kier molecular flexibility index (Phi) is 5.24. The molecule has 1 aliphatic heterocycles. The minimum absolute atomic E-state index is 0.0546. The van der Waals surface area contributed by atoms with E-state index < -0.39 is 5.60 Å². The number of likely N-dealkylation sites (tertiary alicyclic amines) is 1. The highest BCUT2D eigenvalue weighted by molar-refractivity contribution is 5.69. The molecular formula is C18H25NO3. The molecule has 1 saturated heterocycles. The number of carbonyl (C=O) groups is 1. The van der Waals surface area contributed by atoms with Gasteiger partial charge in [0.05, 0.1) is 12.6 Å². The monoisotopic (exact) mass is 303 g/mol. The van der Waals surface area contributed by atoms with Gasteiger partial charge in [0.2, 0.25) is 0 Å². The molecule has 1 fully saturated rings. The van der Waals surface area contributed by atoms with Crippen LogP contribution in [0.2, 0.25) is 0 Å². The lowest BCUT2D eigenvalue weighted by Crippen LogP contribution is -2.39. The topological polar surface area (TPSA) is 49.8 Å². The predicted octanol–water partition coefficient (Wildman–Crippen LogP) is 3.59. The third kappa shape index (κ3) is 4.60. The van der Waals surface area contributed by atoms with E-state index in [0.29, 0.717) is 0 Å². The van der Waals surface area contributed by atoms with E-state index >= 15 is 0 Å². The second kappa shape index (κ2) is 6.97. The molecule has 2 rings (SSSR count). The first-order valence-electron chi connectivity index (χ1n) is 7.77. The molecule has 1 unspecified atom stereocenters. The Morgan fingerprint density at radius 3 is 2.64 bits per heavy atom. The summed E-state index contributed by atoms with van der Waals surface area (Å²) in [6.45, 7) is 6.45. The highest BCUT2D eigenvalue weighted by atomic mass is 16.6. The molecule has 0 bridgehead atoms. The molecule has 1 aromatic carbocycles. The first kappa shape index (κ1) is 16.6. The molecule has 4 heteroatoms. The fraction of sp³-hybridized carbons (Fsp3) is 0.500. The highest BCUT2D eigenvalue weighted by Crippen LogP contribution is 2.22. The van der Waals surface area contributed by atoms with Gasteiger partial charge >= 0.3 is 6.09 Å². The molecule has 1 atom stereocenters. The Morgan fingerprint density at radius 2 is 2.05 bits per heavy atom. The van der Waals surface area contributed by atoms with Crippen LogP contribution >= 0.6 is 0 Å². The summed E-state index contributed by atoms with van der Waals surface area (Å²) in [5, 5.41) is 9.04. The molecule has 0 radical (unpaired) electrons.